The Kier molecular flexibility index (Phi) is 5.79. The number of carbonyl (C=O) groups is 2. The molecular formula is C13H18ClN3O2. The van der Waals surface area contributed by atoms with Gasteiger partial charge in [-0.05, 0) is 11.6 Å². The number of benzene rings is 1. The Bertz CT molecular complexity index is 465. The highest BCUT2D eigenvalue weighted by atomic mass is 35.5. The van der Waals surface area contributed by atoms with E-state index in [1.807, 2.05) is 24.3 Å². The summed E-state index contributed by atoms with van der Waals surface area (Å²) in [5, 5.41) is 5.82. The number of rotatable bonds is 2. The summed E-state index contributed by atoms with van der Waals surface area (Å²) in [6.45, 7) is 3.59. The molecule has 1 aliphatic heterocycles. The van der Waals surface area contributed by atoms with Crippen LogP contribution in [0.4, 0.5) is 5.69 Å². The lowest BCUT2D eigenvalue weighted by Crippen LogP contribution is -2.41. The zero-order chi connectivity index (χ0) is 13.0. The smallest absolute Gasteiger partial charge is 0.246 e. The number of para-hydroxylation sites is 1. The minimum atomic E-state index is -0.190. The molecule has 0 atom stereocenters. The molecule has 1 aliphatic rings. The highest BCUT2D eigenvalue weighted by Gasteiger charge is 2.20. The molecule has 1 aromatic rings. The van der Waals surface area contributed by atoms with Crippen molar-refractivity contribution in [3.8, 4) is 0 Å². The van der Waals surface area contributed by atoms with E-state index in [1.54, 1.807) is 4.90 Å². The SMILES string of the molecule is CC(=O)NCC(=O)N1CCNCc2ccccc21.Cl. The van der Waals surface area contributed by atoms with Gasteiger partial charge in [-0.1, -0.05) is 18.2 Å². The monoisotopic (exact) mass is 283 g/mol. The van der Waals surface area contributed by atoms with E-state index in [2.05, 4.69) is 10.6 Å². The van der Waals surface area contributed by atoms with Gasteiger partial charge in [-0.15, -0.1) is 12.4 Å². The topological polar surface area (TPSA) is 61.4 Å². The van der Waals surface area contributed by atoms with Crippen molar-refractivity contribution >= 4 is 29.9 Å². The van der Waals surface area contributed by atoms with E-state index in [0.29, 0.717) is 6.54 Å². The Hall–Kier alpha value is -1.59. The van der Waals surface area contributed by atoms with Gasteiger partial charge < -0.3 is 15.5 Å². The van der Waals surface area contributed by atoms with Crippen molar-refractivity contribution < 1.29 is 9.59 Å². The Labute approximate surface area is 118 Å². The molecule has 104 valence electrons. The van der Waals surface area contributed by atoms with E-state index in [0.717, 1.165) is 24.3 Å². The van der Waals surface area contributed by atoms with Gasteiger partial charge in [0.15, 0.2) is 0 Å². The Balaban J connectivity index is 0.00000180. The average Bonchev–Trinajstić information content (AvgIpc) is 2.58. The summed E-state index contributed by atoms with van der Waals surface area (Å²) in [5.41, 5.74) is 2.03. The first kappa shape index (κ1) is 15.5. The molecule has 6 heteroatoms. The van der Waals surface area contributed by atoms with E-state index in [-0.39, 0.29) is 30.8 Å². The standard InChI is InChI=1S/C13H17N3O2.ClH/c1-10(17)15-9-13(18)16-7-6-14-8-11-4-2-3-5-12(11)16;/h2-5,14H,6-9H2,1H3,(H,15,17);1H. The molecule has 0 unspecified atom stereocenters. The van der Waals surface area contributed by atoms with Crippen LogP contribution in [0.25, 0.3) is 0 Å². The Morgan fingerprint density at radius 2 is 2.11 bits per heavy atom. The van der Waals surface area contributed by atoms with Crippen LogP contribution < -0.4 is 15.5 Å². The van der Waals surface area contributed by atoms with Crippen LogP contribution in [0.3, 0.4) is 0 Å². The van der Waals surface area contributed by atoms with Gasteiger partial charge in [0, 0.05) is 32.2 Å². The van der Waals surface area contributed by atoms with Crippen LogP contribution >= 0.6 is 12.4 Å². The molecule has 0 saturated carbocycles. The number of nitrogens with one attached hydrogen (secondary N) is 2. The number of hydrogen-bond acceptors (Lipinski definition) is 3. The molecule has 1 heterocycles. The van der Waals surface area contributed by atoms with Gasteiger partial charge in [0.1, 0.15) is 0 Å². The summed E-state index contributed by atoms with van der Waals surface area (Å²) < 4.78 is 0. The van der Waals surface area contributed by atoms with Crippen molar-refractivity contribution in [2.75, 3.05) is 24.5 Å². The van der Waals surface area contributed by atoms with Crippen LogP contribution in [0.5, 0.6) is 0 Å². The lowest BCUT2D eigenvalue weighted by atomic mass is 10.1. The molecule has 5 nitrogen and oxygen atoms in total. The van der Waals surface area contributed by atoms with E-state index in [1.165, 1.54) is 6.92 Å². The summed E-state index contributed by atoms with van der Waals surface area (Å²) in [6, 6.07) is 7.82. The largest absolute Gasteiger partial charge is 0.347 e. The second-order valence-corrected chi connectivity index (χ2v) is 4.26. The van der Waals surface area contributed by atoms with Gasteiger partial charge in [0.2, 0.25) is 11.8 Å². The Morgan fingerprint density at radius 3 is 2.84 bits per heavy atom. The van der Waals surface area contributed by atoms with E-state index in [4.69, 9.17) is 0 Å². The number of halogens is 1. The first-order valence-electron chi connectivity index (χ1n) is 6.02. The molecule has 0 radical (unpaired) electrons. The lowest BCUT2D eigenvalue weighted by molar-refractivity contribution is -0.123. The minimum Gasteiger partial charge on any atom is -0.347 e. The summed E-state index contributed by atoms with van der Waals surface area (Å²) in [5.74, 6) is -0.272. The van der Waals surface area contributed by atoms with Crippen molar-refractivity contribution in [1.29, 1.82) is 0 Å². The maximum atomic E-state index is 12.1. The third kappa shape index (κ3) is 3.94. The second-order valence-electron chi connectivity index (χ2n) is 4.26. The first-order chi connectivity index (χ1) is 8.68. The van der Waals surface area contributed by atoms with Gasteiger partial charge in [-0.3, -0.25) is 9.59 Å². The van der Waals surface area contributed by atoms with Gasteiger partial charge in [-0.25, -0.2) is 0 Å². The van der Waals surface area contributed by atoms with Crippen LogP contribution in [0.1, 0.15) is 12.5 Å². The summed E-state index contributed by atoms with van der Waals surface area (Å²) in [7, 11) is 0. The van der Waals surface area contributed by atoms with Crippen molar-refractivity contribution in [3.63, 3.8) is 0 Å². The zero-order valence-electron chi connectivity index (χ0n) is 10.8. The first-order valence-corrected chi connectivity index (χ1v) is 6.02. The van der Waals surface area contributed by atoms with Gasteiger partial charge in [0.25, 0.3) is 0 Å². The van der Waals surface area contributed by atoms with Crippen LogP contribution in [0.15, 0.2) is 24.3 Å². The number of nitrogens with zero attached hydrogens (tertiary/aromatic N) is 1. The highest BCUT2D eigenvalue weighted by molar-refractivity contribution is 5.97. The molecule has 0 aromatic heterocycles. The number of carbonyl (C=O) groups excluding carboxylic acids is 2. The third-order valence-corrected chi connectivity index (χ3v) is 2.90. The summed E-state index contributed by atoms with van der Waals surface area (Å²) in [6.07, 6.45) is 0. The maximum Gasteiger partial charge on any atom is 0.246 e. The van der Waals surface area contributed by atoms with Crippen LogP contribution in [0, 0.1) is 0 Å². The van der Waals surface area contributed by atoms with Gasteiger partial charge in [0.05, 0.1) is 6.54 Å². The van der Waals surface area contributed by atoms with Crippen LogP contribution in [-0.4, -0.2) is 31.4 Å². The molecular weight excluding hydrogens is 266 g/mol. The summed E-state index contributed by atoms with van der Waals surface area (Å²) in [4.78, 5) is 24.7. The summed E-state index contributed by atoms with van der Waals surface area (Å²) >= 11 is 0. The highest BCUT2D eigenvalue weighted by Crippen LogP contribution is 2.21. The molecule has 2 N–H and O–H groups in total. The molecule has 0 bridgehead atoms. The Morgan fingerprint density at radius 1 is 1.37 bits per heavy atom. The quantitative estimate of drug-likeness (QED) is 0.839. The molecule has 0 saturated heterocycles. The molecule has 19 heavy (non-hydrogen) atoms. The molecule has 1 aromatic carbocycles. The molecule has 2 rings (SSSR count). The zero-order valence-corrected chi connectivity index (χ0v) is 11.6. The molecule has 0 aliphatic carbocycles. The van der Waals surface area contributed by atoms with E-state index >= 15 is 0 Å². The van der Waals surface area contributed by atoms with Crippen LogP contribution in [-0.2, 0) is 16.1 Å². The minimum absolute atomic E-state index is 0. The average molecular weight is 284 g/mol. The van der Waals surface area contributed by atoms with Gasteiger partial charge in [-0.2, -0.15) is 0 Å². The predicted octanol–water partition coefficient (Wildman–Crippen LogP) is 0.681. The predicted molar refractivity (Wildman–Crippen MR) is 76.4 cm³/mol. The number of hydrogen-bond donors (Lipinski definition) is 2. The van der Waals surface area contributed by atoms with Crippen molar-refractivity contribution in [3.05, 3.63) is 29.8 Å². The number of anilines is 1. The molecule has 0 spiro atoms. The maximum absolute atomic E-state index is 12.1. The second kappa shape index (κ2) is 7.11. The van der Waals surface area contributed by atoms with Crippen molar-refractivity contribution in [2.45, 2.75) is 13.5 Å². The normalized spacial score (nSPS) is 13.8. The molecule has 0 fully saturated rings. The van der Waals surface area contributed by atoms with Crippen molar-refractivity contribution in [2.24, 2.45) is 0 Å². The fourth-order valence-electron chi connectivity index (χ4n) is 2.01. The molecule has 2 amide bonds. The fraction of sp³-hybridized carbons (Fsp3) is 0.385. The third-order valence-electron chi connectivity index (χ3n) is 2.90. The van der Waals surface area contributed by atoms with E-state index in [9.17, 15) is 9.59 Å². The van der Waals surface area contributed by atoms with E-state index < -0.39 is 0 Å². The van der Waals surface area contributed by atoms with Crippen LogP contribution in [0.2, 0.25) is 0 Å². The lowest BCUT2D eigenvalue weighted by Gasteiger charge is -2.22. The number of amides is 2. The fourth-order valence-corrected chi connectivity index (χ4v) is 2.01. The van der Waals surface area contributed by atoms with Gasteiger partial charge >= 0.3 is 0 Å². The van der Waals surface area contributed by atoms with Crippen molar-refractivity contribution in [1.82, 2.24) is 10.6 Å². The number of fused-ring (bicyclic) bond motifs is 1.